The van der Waals surface area contributed by atoms with Crippen molar-refractivity contribution in [3.8, 4) is 0 Å². The molecule has 2 rings (SSSR count). The molecule has 0 aliphatic carbocycles. The van der Waals surface area contributed by atoms with Crippen LogP contribution in [-0.2, 0) is 11.3 Å². The van der Waals surface area contributed by atoms with Crippen LogP contribution in [0.3, 0.4) is 0 Å². The van der Waals surface area contributed by atoms with E-state index >= 15 is 0 Å². The van der Waals surface area contributed by atoms with Gasteiger partial charge in [-0.25, -0.2) is 0 Å². The molecule has 1 heterocycles. The summed E-state index contributed by atoms with van der Waals surface area (Å²) in [4.78, 5) is 15.0. The van der Waals surface area contributed by atoms with Crippen LogP contribution in [0, 0.1) is 5.92 Å². The number of nitrogens with one attached hydrogen (secondary N) is 3. The molecule has 1 aromatic heterocycles. The van der Waals surface area contributed by atoms with Gasteiger partial charge in [-0.15, -0.1) is 0 Å². The molecule has 0 bridgehead atoms. The molecule has 1 atom stereocenters. The summed E-state index contributed by atoms with van der Waals surface area (Å²) in [5.41, 5.74) is 2.33. The summed E-state index contributed by atoms with van der Waals surface area (Å²) >= 11 is 0. The van der Waals surface area contributed by atoms with Crippen LogP contribution in [0.1, 0.15) is 25.8 Å². The van der Waals surface area contributed by atoms with E-state index in [1.807, 2.05) is 6.20 Å². The second-order valence-electron chi connectivity index (χ2n) is 5.58. The molecule has 2 aromatic rings. The zero-order valence-electron chi connectivity index (χ0n) is 12.4. The molecule has 108 valence electrons. The first kappa shape index (κ1) is 14.6. The Morgan fingerprint density at radius 3 is 2.80 bits per heavy atom. The Bertz CT molecular complexity index is 574. The van der Waals surface area contributed by atoms with E-state index < -0.39 is 0 Å². The highest BCUT2D eigenvalue weighted by atomic mass is 16.2. The lowest BCUT2D eigenvalue weighted by atomic mass is 10.0. The van der Waals surface area contributed by atoms with Crippen LogP contribution in [0.4, 0.5) is 0 Å². The minimum Gasteiger partial charge on any atom is -0.361 e. The summed E-state index contributed by atoms with van der Waals surface area (Å²) < 4.78 is 0. The number of carbonyl (C=O) groups is 1. The Morgan fingerprint density at radius 1 is 1.30 bits per heavy atom. The van der Waals surface area contributed by atoms with Crippen molar-refractivity contribution in [2.45, 2.75) is 32.9 Å². The topological polar surface area (TPSA) is 56.9 Å². The Kier molecular flexibility index (Phi) is 4.79. The number of likely N-dealkylation sites (N-methyl/N-ethyl adjacent to an activating group) is 1. The number of hydrogen-bond donors (Lipinski definition) is 3. The number of aromatic nitrogens is 1. The summed E-state index contributed by atoms with van der Waals surface area (Å²) in [6, 6.07) is 8.23. The number of amides is 1. The van der Waals surface area contributed by atoms with Gasteiger partial charge in [0.25, 0.3) is 0 Å². The first-order chi connectivity index (χ1) is 9.60. The SMILES string of the molecule is CNC(=O)C(CC(C)C)NCc1ccc2[nH]ccc2c1. The number of benzene rings is 1. The van der Waals surface area contributed by atoms with Gasteiger partial charge in [-0.2, -0.15) is 0 Å². The number of hydrogen-bond acceptors (Lipinski definition) is 2. The average molecular weight is 273 g/mol. The summed E-state index contributed by atoms with van der Waals surface area (Å²) in [5, 5.41) is 7.28. The van der Waals surface area contributed by atoms with Gasteiger partial charge >= 0.3 is 0 Å². The average Bonchev–Trinajstić information content (AvgIpc) is 2.89. The second kappa shape index (κ2) is 6.57. The molecular formula is C16H23N3O. The van der Waals surface area contributed by atoms with Crippen molar-refractivity contribution in [2.24, 2.45) is 5.92 Å². The molecule has 0 aliphatic heterocycles. The molecule has 4 nitrogen and oxygen atoms in total. The molecule has 0 aliphatic rings. The lowest BCUT2D eigenvalue weighted by Gasteiger charge is -2.19. The molecule has 1 aromatic carbocycles. The fourth-order valence-electron chi connectivity index (χ4n) is 2.38. The van der Waals surface area contributed by atoms with Gasteiger partial charge in [-0.1, -0.05) is 19.9 Å². The van der Waals surface area contributed by atoms with Gasteiger partial charge in [0.05, 0.1) is 6.04 Å². The molecule has 3 N–H and O–H groups in total. The number of aromatic amines is 1. The van der Waals surface area contributed by atoms with Crippen LogP contribution < -0.4 is 10.6 Å². The van der Waals surface area contributed by atoms with E-state index in [0.29, 0.717) is 12.5 Å². The molecule has 1 unspecified atom stereocenters. The minimum atomic E-state index is -0.137. The zero-order chi connectivity index (χ0) is 14.5. The predicted molar refractivity (Wildman–Crippen MR) is 82.4 cm³/mol. The zero-order valence-corrected chi connectivity index (χ0v) is 12.4. The fraction of sp³-hybridized carbons (Fsp3) is 0.438. The monoisotopic (exact) mass is 273 g/mol. The number of fused-ring (bicyclic) bond motifs is 1. The molecular weight excluding hydrogens is 250 g/mol. The van der Waals surface area contributed by atoms with Gasteiger partial charge in [0, 0.05) is 25.3 Å². The summed E-state index contributed by atoms with van der Waals surface area (Å²) in [5.74, 6) is 0.540. The van der Waals surface area contributed by atoms with Crippen LogP contribution in [0.15, 0.2) is 30.5 Å². The van der Waals surface area contributed by atoms with Crippen molar-refractivity contribution in [3.05, 3.63) is 36.0 Å². The summed E-state index contributed by atoms with van der Waals surface area (Å²) in [7, 11) is 1.68. The number of H-pyrrole nitrogens is 1. The highest BCUT2D eigenvalue weighted by molar-refractivity contribution is 5.81. The molecule has 0 spiro atoms. The van der Waals surface area contributed by atoms with Crippen LogP contribution in [0.2, 0.25) is 0 Å². The quantitative estimate of drug-likeness (QED) is 0.757. The van der Waals surface area contributed by atoms with Crippen LogP contribution in [-0.4, -0.2) is 24.0 Å². The maximum absolute atomic E-state index is 11.9. The Morgan fingerprint density at radius 2 is 2.10 bits per heavy atom. The van der Waals surface area contributed by atoms with E-state index in [-0.39, 0.29) is 11.9 Å². The van der Waals surface area contributed by atoms with Gasteiger partial charge in [0.1, 0.15) is 0 Å². The van der Waals surface area contributed by atoms with Crippen molar-refractivity contribution in [2.75, 3.05) is 7.05 Å². The van der Waals surface area contributed by atoms with E-state index in [0.717, 1.165) is 11.9 Å². The third-order valence-corrected chi connectivity index (χ3v) is 3.44. The largest absolute Gasteiger partial charge is 0.361 e. The van der Waals surface area contributed by atoms with Gasteiger partial charge in [-0.3, -0.25) is 4.79 Å². The normalized spacial score (nSPS) is 12.8. The third kappa shape index (κ3) is 3.61. The van der Waals surface area contributed by atoms with Gasteiger partial charge in [-0.05, 0) is 41.5 Å². The molecule has 0 saturated carbocycles. The molecule has 20 heavy (non-hydrogen) atoms. The Balaban J connectivity index is 2.02. The maximum Gasteiger partial charge on any atom is 0.236 e. The van der Waals surface area contributed by atoms with Gasteiger partial charge in [0.2, 0.25) is 5.91 Å². The van der Waals surface area contributed by atoms with E-state index in [1.54, 1.807) is 7.05 Å². The van der Waals surface area contributed by atoms with Crippen molar-refractivity contribution < 1.29 is 4.79 Å². The van der Waals surface area contributed by atoms with E-state index in [2.05, 4.69) is 53.7 Å². The van der Waals surface area contributed by atoms with Crippen molar-refractivity contribution in [1.82, 2.24) is 15.6 Å². The smallest absolute Gasteiger partial charge is 0.236 e. The van der Waals surface area contributed by atoms with Crippen LogP contribution >= 0.6 is 0 Å². The summed E-state index contributed by atoms with van der Waals surface area (Å²) in [6.45, 7) is 4.96. The van der Waals surface area contributed by atoms with Gasteiger partial charge < -0.3 is 15.6 Å². The molecule has 0 fully saturated rings. The van der Waals surface area contributed by atoms with Crippen LogP contribution in [0.25, 0.3) is 10.9 Å². The molecule has 0 saturated heterocycles. The molecule has 0 radical (unpaired) electrons. The minimum absolute atomic E-state index is 0.0569. The van der Waals surface area contributed by atoms with Gasteiger partial charge in [0.15, 0.2) is 0 Å². The van der Waals surface area contributed by atoms with E-state index in [4.69, 9.17) is 0 Å². The fourth-order valence-corrected chi connectivity index (χ4v) is 2.38. The Hall–Kier alpha value is -1.81. The lowest BCUT2D eigenvalue weighted by molar-refractivity contribution is -0.123. The predicted octanol–water partition coefficient (Wildman–Crippen LogP) is 2.42. The number of carbonyl (C=O) groups excluding carboxylic acids is 1. The molecule has 4 heteroatoms. The number of rotatable bonds is 6. The third-order valence-electron chi connectivity index (χ3n) is 3.44. The highest BCUT2D eigenvalue weighted by Gasteiger charge is 2.17. The molecule has 1 amide bonds. The van der Waals surface area contributed by atoms with E-state index in [9.17, 15) is 4.79 Å². The van der Waals surface area contributed by atoms with Crippen molar-refractivity contribution >= 4 is 16.8 Å². The first-order valence-corrected chi connectivity index (χ1v) is 7.11. The maximum atomic E-state index is 11.9. The standard InChI is InChI=1S/C16H23N3O/c1-11(2)8-15(16(20)17-3)19-10-12-4-5-14-13(9-12)6-7-18-14/h4-7,9,11,15,18-19H,8,10H2,1-3H3,(H,17,20). The van der Waals surface area contributed by atoms with E-state index in [1.165, 1.54) is 10.9 Å². The summed E-state index contributed by atoms with van der Waals surface area (Å²) in [6.07, 6.45) is 2.78. The van der Waals surface area contributed by atoms with Crippen LogP contribution in [0.5, 0.6) is 0 Å². The second-order valence-corrected chi connectivity index (χ2v) is 5.58. The van der Waals surface area contributed by atoms with Crippen molar-refractivity contribution in [1.29, 1.82) is 0 Å². The first-order valence-electron chi connectivity index (χ1n) is 7.11. The lowest BCUT2D eigenvalue weighted by Crippen LogP contribution is -2.43. The highest BCUT2D eigenvalue weighted by Crippen LogP contribution is 2.14. The van der Waals surface area contributed by atoms with Crippen molar-refractivity contribution in [3.63, 3.8) is 0 Å². The Labute approximate surface area is 120 Å².